The number of aromatic carboxylic acids is 1. The predicted octanol–water partition coefficient (Wildman–Crippen LogP) is 1.90. The molecule has 2 aliphatic rings. The number of nitrogens with zero attached hydrogens (tertiary/aromatic N) is 4. The number of likely N-dealkylation sites (tertiary alicyclic amines) is 1. The number of H-pyrrole nitrogens is 1. The maximum Gasteiger partial charge on any atom is 0.354 e. The number of pyridine rings is 3. The van der Waals surface area contributed by atoms with E-state index in [1.807, 2.05) is 31.3 Å². The minimum atomic E-state index is -1.01. The summed E-state index contributed by atoms with van der Waals surface area (Å²) >= 11 is 0. The Kier molecular flexibility index (Phi) is 4.32. The van der Waals surface area contributed by atoms with Crippen molar-refractivity contribution in [1.82, 2.24) is 19.9 Å². The van der Waals surface area contributed by atoms with Crippen molar-refractivity contribution in [2.75, 3.05) is 31.1 Å². The van der Waals surface area contributed by atoms with Crippen LogP contribution in [0.25, 0.3) is 11.0 Å². The second kappa shape index (κ2) is 6.91. The van der Waals surface area contributed by atoms with Crippen LogP contribution in [0.4, 0.5) is 5.69 Å². The van der Waals surface area contributed by atoms with Crippen molar-refractivity contribution in [2.24, 2.45) is 5.41 Å². The number of carboxylic acid groups (broad SMARTS) is 1. The number of nitrogens with one attached hydrogen (secondary N) is 1. The molecule has 154 valence electrons. The summed E-state index contributed by atoms with van der Waals surface area (Å²) in [6.45, 7) is 6.74. The first-order valence-corrected chi connectivity index (χ1v) is 10.1. The molecule has 2 aliphatic heterocycles. The molecule has 0 radical (unpaired) electrons. The molecule has 3 aromatic heterocycles. The summed E-state index contributed by atoms with van der Waals surface area (Å²) in [5.74, 6) is -1.01. The second-order valence-electron chi connectivity index (χ2n) is 8.46. The molecular formula is C22H23N5O3. The molecule has 0 atom stereocenters. The summed E-state index contributed by atoms with van der Waals surface area (Å²) in [5, 5.41) is 8.96. The van der Waals surface area contributed by atoms with Crippen LogP contribution in [0.15, 0.2) is 41.5 Å². The molecule has 2 saturated heterocycles. The van der Waals surface area contributed by atoms with Gasteiger partial charge in [-0.3, -0.25) is 14.7 Å². The Bertz CT molecular complexity index is 1170. The zero-order chi connectivity index (χ0) is 20.9. The lowest BCUT2D eigenvalue weighted by atomic mass is 9.72. The van der Waals surface area contributed by atoms with Crippen molar-refractivity contribution >= 4 is 22.7 Å². The largest absolute Gasteiger partial charge is 0.477 e. The second-order valence-corrected chi connectivity index (χ2v) is 8.46. The summed E-state index contributed by atoms with van der Waals surface area (Å²) in [4.78, 5) is 39.1. The van der Waals surface area contributed by atoms with E-state index < -0.39 is 5.97 Å². The summed E-state index contributed by atoms with van der Waals surface area (Å²) in [6, 6.07) is 7.27. The fourth-order valence-electron chi connectivity index (χ4n) is 4.63. The minimum absolute atomic E-state index is 0.0349. The first-order valence-electron chi connectivity index (χ1n) is 10.1. The van der Waals surface area contributed by atoms with Crippen molar-refractivity contribution in [3.8, 4) is 0 Å². The maximum atomic E-state index is 12.1. The van der Waals surface area contributed by atoms with E-state index in [1.54, 1.807) is 12.3 Å². The lowest BCUT2D eigenvalue weighted by molar-refractivity contribution is -0.0273. The number of carbonyl (C=O) groups is 1. The van der Waals surface area contributed by atoms with Crippen LogP contribution in [0, 0.1) is 5.41 Å². The number of aromatic nitrogens is 3. The summed E-state index contributed by atoms with van der Waals surface area (Å²) in [7, 11) is 0. The maximum absolute atomic E-state index is 12.1. The third kappa shape index (κ3) is 3.23. The van der Waals surface area contributed by atoms with E-state index in [9.17, 15) is 9.59 Å². The Balaban J connectivity index is 1.19. The molecule has 3 aromatic rings. The minimum Gasteiger partial charge on any atom is -0.477 e. The van der Waals surface area contributed by atoms with Gasteiger partial charge in [0.25, 0.3) is 5.56 Å². The molecule has 0 saturated carbocycles. The molecule has 0 aromatic carbocycles. The standard InChI is InChI=1S/C22H23N5O3/c1-2-15-6-18-19(25-20(15)28)5-14(7-23-18)9-26-10-22(11-26)12-27(13-22)16-3-4-17(21(29)30)24-8-16/h3-8H,2,9-13H2,1H3,(H,25,28)(H,29,30). The quantitative estimate of drug-likeness (QED) is 0.668. The molecule has 8 nitrogen and oxygen atoms in total. The summed E-state index contributed by atoms with van der Waals surface area (Å²) in [5.41, 5.74) is 4.78. The SMILES string of the molecule is CCc1cc2ncc(CN3CC4(C3)CN(c3ccc(C(=O)O)nc3)C4)cc2[nH]c1=O. The van der Waals surface area contributed by atoms with Gasteiger partial charge < -0.3 is 15.0 Å². The van der Waals surface area contributed by atoms with Crippen molar-refractivity contribution in [3.63, 3.8) is 0 Å². The topological polar surface area (TPSA) is 102 Å². The molecule has 1 spiro atoms. The number of anilines is 1. The lowest BCUT2D eigenvalue weighted by Gasteiger charge is -2.61. The van der Waals surface area contributed by atoms with Crippen LogP contribution in [-0.4, -0.2) is 57.1 Å². The molecule has 0 amide bonds. The monoisotopic (exact) mass is 405 g/mol. The van der Waals surface area contributed by atoms with Gasteiger partial charge in [0.15, 0.2) is 0 Å². The van der Waals surface area contributed by atoms with E-state index in [0.29, 0.717) is 11.8 Å². The molecular weight excluding hydrogens is 382 g/mol. The fourth-order valence-corrected chi connectivity index (χ4v) is 4.63. The molecule has 8 heteroatoms. The molecule has 0 aliphatic carbocycles. The van der Waals surface area contributed by atoms with E-state index in [-0.39, 0.29) is 11.3 Å². The summed E-state index contributed by atoms with van der Waals surface area (Å²) < 4.78 is 0. The molecule has 5 rings (SSSR count). The van der Waals surface area contributed by atoms with Gasteiger partial charge in [-0.05, 0) is 36.2 Å². The smallest absolute Gasteiger partial charge is 0.354 e. The van der Waals surface area contributed by atoms with Gasteiger partial charge in [-0.15, -0.1) is 0 Å². The van der Waals surface area contributed by atoms with Crippen molar-refractivity contribution in [1.29, 1.82) is 0 Å². The average Bonchev–Trinajstić information content (AvgIpc) is 2.68. The molecule has 0 bridgehead atoms. The van der Waals surface area contributed by atoms with Crippen LogP contribution in [0.5, 0.6) is 0 Å². The highest BCUT2D eigenvalue weighted by atomic mass is 16.4. The van der Waals surface area contributed by atoms with Crippen LogP contribution in [0.2, 0.25) is 0 Å². The van der Waals surface area contributed by atoms with Crippen molar-refractivity contribution in [3.05, 3.63) is 63.8 Å². The molecule has 2 fully saturated rings. The summed E-state index contributed by atoms with van der Waals surface area (Å²) in [6.07, 6.45) is 4.23. The first kappa shape index (κ1) is 18.7. The number of carboxylic acids is 1. The third-order valence-electron chi connectivity index (χ3n) is 6.12. The van der Waals surface area contributed by atoms with Gasteiger partial charge in [0.1, 0.15) is 5.69 Å². The predicted molar refractivity (Wildman–Crippen MR) is 113 cm³/mol. The zero-order valence-corrected chi connectivity index (χ0v) is 16.8. The van der Waals surface area contributed by atoms with Crippen molar-refractivity contribution < 1.29 is 9.90 Å². The third-order valence-corrected chi connectivity index (χ3v) is 6.12. The van der Waals surface area contributed by atoms with Gasteiger partial charge in [-0.2, -0.15) is 0 Å². The van der Waals surface area contributed by atoms with Gasteiger partial charge in [0, 0.05) is 49.9 Å². The Labute approximate surface area is 173 Å². The van der Waals surface area contributed by atoms with Gasteiger partial charge in [-0.1, -0.05) is 6.92 Å². The van der Waals surface area contributed by atoms with Gasteiger partial charge in [0.2, 0.25) is 0 Å². The number of hydrogen-bond acceptors (Lipinski definition) is 6. The normalized spacial score (nSPS) is 17.7. The molecule has 5 heterocycles. The Morgan fingerprint density at radius 1 is 1.17 bits per heavy atom. The molecule has 30 heavy (non-hydrogen) atoms. The van der Waals surface area contributed by atoms with Gasteiger partial charge >= 0.3 is 5.97 Å². The Morgan fingerprint density at radius 3 is 2.63 bits per heavy atom. The van der Waals surface area contributed by atoms with E-state index in [2.05, 4.69) is 24.8 Å². The number of rotatable bonds is 5. The zero-order valence-electron chi connectivity index (χ0n) is 16.8. The number of aryl methyl sites for hydroxylation is 1. The molecule has 2 N–H and O–H groups in total. The first-order chi connectivity index (χ1) is 14.4. The van der Waals surface area contributed by atoms with Crippen LogP contribution in [0.1, 0.15) is 28.5 Å². The Hall–Kier alpha value is -3.26. The van der Waals surface area contributed by atoms with Crippen LogP contribution in [0.3, 0.4) is 0 Å². The average molecular weight is 405 g/mol. The van der Waals surface area contributed by atoms with Gasteiger partial charge in [-0.25, -0.2) is 9.78 Å². The molecule has 0 unspecified atom stereocenters. The van der Waals surface area contributed by atoms with Gasteiger partial charge in [0.05, 0.1) is 22.9 Å². The lowest BCUT2D eigenvalue weighted by Crippen LogP contribution is -2.71. The van der Waals surface area contributed by atoms with Crippen LogP contribution >= 0.6 is 0 Å². The van der Waals surface area contributed by atoms with E-state index in [0.717, 1.165) is 60.6 Å². The van der Waals surface area contributed by atoms with E-state index in [1.165, 1.54) is 0 Å². The number of aromatic amines is 1. The highest BCUT2D eigenvalue weighted by Crippen LogP contribution is 2.42. The van der Waals surface area contributed by atoms with E-state index in [4.69, 9.17) is 5.11 Å². The van der Waals surface area contributed by atoms with Crippen molar-refractivity contribution in [2.45, 2.75) is 19.9 Å². The number of fused-ring (bicyclic) bond motifs is 1. The highest BCUT2D eigenvalue weighted by Gasteiger charge is 2.51. The Morgan fingerprint density at radius 2 is 1.97 bits per heavy atom. The highest BCUT2D eigenvalue weighted by molar-refractivity contribution is 5.85. The van der Waals surface area contributed by atoms with E-state index >= 15 is 0 Å². The van der Waals surface area contributed by atoms with Crippen LogP contribution in [-0.2, 0) is 13.0 Å². The number of hydrogen-bond donors (Lipinski definition) is 2. The fraction of sp³-hybridized carbons (Fsp3) is 0.364. The van der Waals surface area contributed by atoms with Crippen LogP contribution < -0.4 is 10.5 Å².